The summed E-state index contributed by atoms with van der Waals surface area (Å²) in [6, 6.07) is 15.2. The predicted molar refractivity (Wildman–Crippen MR) is 87.4 cm³/mol. The van der Waals surface area contributed by atoms with E-state index in [1.54, 1.807) is 6.20 Å². The lowest BCUT2D eigenvalue weighted by Crippen LogP contribution is -2.14. The second-order valence-electron chi connectivity index (χ2n) is 5.04. The maximum atomic E-state index is 12.7. The van der Waals surface area contributed by atoms with Gasteiger partial charge in [0.1, 0.15) is 0 Å². The van der Waals surface area contributed by atoms with Crippen molar-refractivity contribution in [2.75, 3.05) is 12.4 Å². The van der Waals surface area contributed by atoms with E-state index in [1.165, 1.54) is 7.11 Å². The average Bonchev–Trinajstić information content (AvgIpc) is 2.53. The van der Waals surface area contributed by atoms with E-state index in [1.807, 2.05) is 55.5 Å². The highest BCUT2D eigenvalue weighted by Gasteiger charge is 2.17. The highest BCUT2D eigenvalue weighted by atomic mass is 16.5. The summed E-state index contributed by atoms with van der Waals surface area (Å²) in [5, 5.41) is 3.69. The first-order valence-corrected chi connectivity index (χ1v) is 6.99. The molecular weight excluding hydrogens is 276 g/mol. The molecule has 4 nitrogen and oxygen atoms in total. The molecule has 0 saturated carbocycles. The second-order valence-corrected chi connectivity index (χ2v) is 5.04. The van der Waals surface area contributed by atoms with Crippen LogP contribution < -0.4 is 10.1 Å². The molecule has 0 aliphatic carbocycles. The highest BCUT2D eigenvalue weighted by molar-refractivity contribution is 6.14. The number of nitrogens with zero attached hydrogens (tertiary/aromatic N) is 1. The molecule has 0 unspecified atom stereocenters. The van der Waals surface area contributed by atoms with Crippen LogP contribution in [0.5, 0.6) is 5.75 Å². The number of aryl methyl sites for hydroxylation is 1. The summed E-state index contributed by atoms with van der Waals surface area (Å²) in [5.41, 5.74) is 3.10. The first-order chi connectivity index (χ1) is 10.7. The lowest BCUT2D eigenvalue weighted by Gasteiger charge is -2.12. The molecule has 1 heterocycles. The van der Waals surface area contributed by atoms with Gasteiger partial charge in [-0.25, -0.2) is 0 Å². The van der Waals surface area contributed by atoms with Gasteiger partial charge in [0.05, 0.1) is 24.4 Å². The van der Waals surface area contributed by atoms with E-state index >= 15 is 0 Å². The zero-order chi connectivity index (χ0) is 15.5. The third kappa shape index (κ3) is 2.63. The van der Waals surface area contributed by atoms with Crippen LogP contribution in [0.2, 0.25) is 0 Å². The van der Waals surface area contributed by atoms with E-state index in [0.29, 0.717) is 11.3 Å². The van der Waals surface area contributed by atoms with Crippen LogP contribution in [-0.2, 0) is 0 Å². The summed E-state index contributed by atoms with van der Waals surface area (Å²) in [4.78, 5) is 17.0. The van der Waals surface area contributed by atoms with Gasteiger partial charge in [0.25, 0.3) is 5.91 Å². The zero-order valence-electron chi connectivity index (χ0n) is 12.5. The van der Waals surface area contributed by atoms with Crippen molar-refractivity contribution in [2.45, 2.75) is 6.92 Å². The van der Waals surface area contributed by atoms with Crippen molar-refractivity contribution in [3.8, 4) is 5.75 Å². The third-order valence-electron chi connectivity index (χ3n) is 3.46. The fraction of sp³-hybridized carbons (Fsp3) is 0.111. The molecule has 1 amide bonds. The number of fused-ring (bicyclic) bond motifs is 1. The van der Waals surface area contributed by atoms with Gasteiger partial charge in [0, 0.05) is 11.1 Å². The first kappa shape index (κ1) is 14.1. The molecule has 0 radical (unpaired) electrons. The van der Waals surface area contributed by atoms with Crippen LogP contribution in [0.15, 0.2) is 54.7 Å². The maximum absolute atomic E-state index is 12.7. The molecule has 0 bridgehead atoms. The number of methoxy groups -OCH3 is 1. The zero-order valence-corrected chi connectivity index (χ0v) is 12.5. The Morgan fingerprint density at radius 2 is 1.95 bits per heavy atom. The summed E-state index contributed by atoms with van der Waals surface area (Å²) in [5.74, 6) is 0.255. The van der Waals surface area contributed by atoms with Crippen molar-refractivity contribution in [1.82, 2.24) is 4.98 Å². The molecule has 1 aromatic heterocycles. The van der Waals surface area contributed by atoms with Gasteiger partial charge in [-0.2, -0.15) is 0 Å². The topological polar surface area (TPSA) is 51.2 Å². The number of pyridine rings is 1. The molecule has 3 aromatic rings. The lowest BCUT2D eigenvalue weighted by molar-refractivity contribution is 0.102. The molecule has 110 valence electrons. The third-order valence-corrected chi connectivity index (χ3v) is 3.46. The Balaban J connectivity index is 2.06. The van der Waals surface area contributed by atoms with Gasteiger partial charge in [-0.05, 0) is 30.7 Å². The van der Waals surface area contributed by atoms with Crippen molar-refractivity contribution in [3.63, 3.8) is 0 Å². The Labute approximate surface area is 128 Å². The van der Waals surface area contributed by atoms with Gasteiger partial charge in [0.2, 0.25) is 0 Å². The monoisotopic (exact) mass is 292 g/mol. The van der Waals surface area contributed by atoms with Crippen LogP contribution in [0.3, 0.4) is 0 Å². The number of benzene rings is 2. The Kier molecular flexibility index (Phi) is 3.74. The number of ether oxygens (including phenoxy) is 1. The Morgan fingerprint density at radius 3 is 2.73 bits per heavy atom. The van der Waals surface area contributed by atoms with Crippen molar-refractivity contribution in [3.05, 3.63) is 65.9 Å². The molecule has 0 aliphatic rings. The summed E-state index contributed by atoms with van der Waals surface area (Å²) < 4.78 is 5.31. The minimum Gasteiger partial charge on any atom is -0.494 e. The second kappa shape index (κ2) is 5.85. The Bertz CT molecular complexity index is 843. The van der Waals surface area contributed by atoms with Crippen LogP contribution in [0.4, 0.5) is 5.69 Å². The summed E-state index contributed by atoms with van der Waals surface area (Å²) in [6.45, 7) is 1.98. The van der Waals surface area contributed by atoms with Crippen molar-refractivity contribution in [2.24, 2.45) is 0 Å². The van der Waals surface area contributed by atoms with Gasteiger partial charge in [-0.1, -0.05) is 30.3 Å². The molecular formula is C18H16N2O2. The largest absolute Gasteiger partial charge is 0.494 e. The lowest BCUT2D eigenvalue weighted by atomic mass is 10.1. The number of rotatable bonds is 3. The Hall–Kier alpha value is -2.88. The number of nitrogens with one attached hydrogen (secondary N) is 1. The van der Waals surface area contributed by atoms with E-state index in [2.05, 4.69) is 10.3 Å². The molecule has 22 heavy (non-hydrogen) atoms. The van der Waals surface area contributed by atoms with Crippen LogP contribution in [0.25, 0.3) is 10.9 Å². The van der Waals surface area contributed by atoms with Crippen molar-refractivity contribution in [1.29, 1.82) is 0 Å². The van der Waals surface area contributed by atoms with Crippen molar-refractivity contribution < 1.29 is 9.53 Å². The summed E-state index contributed by atoms with van der Waals surface area (Å²) >= 11 is 0. The Morgan fingerprint density at radius 1 is 1.14 bits per heavy atom. The smallest absolute Gasteiger partial charge is 0.260 e. The first-order valence-electron chi connectivity index (χ1n) is 6.99. The van der Waals surface area contributed by atoms with Crippen LogP contribution in [0, 0.1) is 6.92 Å². The van der Waals surface area contributed by atoms with Gasteiger partial charge in [-0.3, -0.25) is 9.78 Å². The molecule has 3 rings (SSSR count). The highest BCUT2D eigenvalue weighted by Crippen LogP contribution is 2.27. The summed E-state index contributed by atoms with van der Waals surface area (Å²) in [6.07, 6.45) is 1.58. The van der Waals surface area contributed by atoms with Gasteiger partial charge in [0.15, 0.2) is 5.75 Å². The molecule has 0 atom stereocenters. The summed E-state index contributed by atoms with van der Waals surface area (Å²) in [7, 11) is 1.54. The number of anilines is 1. The minimum atomic E-state index is -0.207. The standard InChI is InChI=1S/C18H16N2O2/c1-12-6-5-7-13(10-12)20-18(21)17-14-8-3-4-9-15(14)19-11-16(17)22-2/h3-11H,1-2H3,(H,20,21). The van der Waals surface area contributed by atoms with Gasteiger partial charge in [-0.15, -0.1) is 0 Å². The van der Waals surface area contributed by atoms with E-state index in [-0.39, 0.29) is 5.91 Å². The molecule has 4 heteroatoms. The van der Waals surface area contributed by atoms with Gasteiger partial charge < -0.3 is 10.1 Å². The molecule has 0 aliphatic heterocycles. The van der Waals surface area contributed by atoms with E-state index < -0.39 is 0 Å². The fourth-order valence-electron chi connectivity index (χ4n) is 2.43. The van der Waals surface area contributed by atoms with Crippen LogP contribution in [0.1, 0.15) is 15.9 Å². The molecule has 0 saturated heterocycles. The quantitative estimate of drug-likeness (QED) is 0.798. The van der Waals surface area contributed by atoms with E-state index in [9.17, 15) is 4.79 Å². The van der Waals surface area contributed by atoms with Crippen molar-refractivity contribution >= 4 is 22.5 Å². The number of carbonyl (C=O) groups is 1. The van der Waals surface area contributed by atoms with Gasteiger partial charge >= 0.3 is 0 Å². The minimum absolute atomic E-state index is 0.207. The molecule has 0 spiro atoms. The van der Waals surface area contributed by atoms with Crippen LogP contribution in [-0.4, -0.2) is 18.0 Å². The number of carbonyl (C=O) groups excluding carboxylic acids is 1. The molecule has 2 aromatic carbocycles. The number of hydrogen-bond acceptors (Lipinski definition) is 3. The number of aromatic nitrogens is 1. The average molecular weight is 292 g/mol. The molecule has 0 fully saturated rings. The SMILES string of the molecule is COc1cnc2ccccc2c1C(=O)Nc1cccc(C)c1. The maximum Gasteiger partial charge on any atom is 0.260 e. The number of amides is 1. The number of para-hydroxylation sites is 1. The normalized spacial score (nSPS) is 10.5. The number of hydrogen-bond donors (Lipinski definition) is 1. The van der Waals surface area contributed by atoms with E-state index in [0.717, 1.165) is 22.2 Å². The van der Waals surface area contributed by atoms with Crippen LogP contribution >= 0.6 is 0 Å². The molecule has 1 N–H and O–H groups in total. The fourth-order valence-corrected chi connectivity index (χ4v) is 2.43. The predicted octanol–water partition coefficient (Wildman–Crippen LogP) is 3.80. The van der Waals surface area contributed by atoms with E-state index in [4.69, 9.17) is 4.74 Å².